The third kappa shape index (κ3) is 5.00. The molecule has 0 bridgehead atoms. The van der Waals surface area contributed by atoms with Crippen LogP contribution in [-0.4, -0.2) is 18.0 Å². The van der Waals surface area contributed by atoms with Crippen molar-refractivity contribution >= 4 is 17.2 Å². The summed E-state index contributed by atoms with van der Waals surface area (Å²) in [6.07, 6.45) is 3.17. The standard InChI is InChI=1S/C23H20F2N2O3/c1-14(2)18-12-17(6-7-21(18)29-3)30-23-19(24)10-16(11-20(23)25)27-22(28)9-15-5-4-8-26-13-15/h4-8,10-13H,1,9H2,2-3H3,(H,27,28). The molecule has 3 aromatic rings. The Kier molecular flexibility index (Phi) is 6.41. The smallest absolute Gasteiger partial charge is 0.228 e. The van der Waals surface area contributed by atoms with Gasteiger partial charge in [-0.2, -0.15) is 0 Å². The molecule has 0 aliphatic carbocycles. The first-order chi connectivity index (χ1) is 14.4. The van der Waals surface area contributed by atoms with Crippen LogP contribution in [0, 0.1) is 11.6 Å². The Labute approximate surface area is 173 Å². The molecule has 0 atom stereocenters. The number of ether oxygens (including phenoxy) is 2. The van der Waals surface area contributed by atoms with Crippen molar-refractivity contribution in [2.24, 2.45) is 0 Å². The predicted molar refractivity (Wildman–Crippen MR) is 111 cm³/mol. The number of nitrogens with zero attached hydrogens (tertiary/aromatic N) is 1. The molecule has 0 aliphatic rings. The SMILES string of the molecule is C=C(C)c1cc(Oc2c(F)cc(NC(=O)Cc3cccnc3)cc2F)ccc1OC. The van der Waals surface area contributed by atoms with Crippen molar-refractivity contribution in [2.45, 2.75) is 13.3 Å². The molecule has 0 saturated carbocycles. The van der Waals surface area contributed by atoms with Gasteiger partial charge < -0.3 is 14.8 Å². The highest BCUT2D eigenvalue weighted by molar-refractivity contribution is 5.92. The van der Waals surface area contributed by atoms with Crippen molar-refractivity contribution in [3.05, 3.63) is 84.2 Å². The molecule has 0 unspecified atom stereocenters. The molecule has 2 aromatic carbocycles. The van der Waals surface area contributed by atoms with E-state index in [4.69, 9.17) is 9.47 Å². The van der Waals surface area contributed by atoms with E-state index in [1.165, 1.54) is 13.2 Å². The summed E-state index contributed by atoms with van der Waals surface area (Å²) in [7, 11) is 1.52. The predicted octanol–water partition coefficient (Wildman–Crippen LogP) is 5.38. The maximum absolute atomic E-state index is 14.5. The third-order valence-electron chi connectivity index (χ3n) is 4.22. The van der Waals surface area contributed by atoms with E-state index in [2.05, 4.69) is 16.9 Å². The highest BCUT2D eigenvalue weighted by Gasteiger charge is 2.16. The maximum Gasteiger partial charge on any atom is 0.228 e. The minimum Gasteiger partial charge on any atom is -0.496 e. The van der Waals surface area contributed by atoms with E-state index in [1.807, 2.05) is 0 Å². The molecule has 5 nitrogen and oxygen atoms in total. The van der Waals surface area contributed by atoms with E-state index in [9.17, 15) is 13.6 Å². The molecule has 154 valence electrons. The van der Waals surface area contributed by atoms with Crippen LogP contribution in [0.3, 0.4) is 0 Å². The largest absolute Gasteiger partial charge is 0.496 e. The van der Waals surface area contributed by atoms with Gasteiger partial charge in [0, 0.05) is 35.8 Å². The first-order valence-electron chi connectivity index (χ1n) is 9.07. The Morgan fingerprint density at radius 3 is 2.50 bits per heavy atom. The lowest BCUT2D eigenvalue weighted by atomic mass is 10.1. The van der Waals surface area contributed by atoms with Crippen LogP contribution in [0.15, 0.2) is 61.4 Å². The molecule has 3 rings (SSSR count). The van der Waals surface area contributed by atoms with Crippen LogP contribution in [0.4, 0.5) is 14.5 Å². The van der Waals surface area contributed by atoms with E-state index < -0.39 is 23.3 Å². The van der Waals surface area contributed by atoms with Gasteiger partial charge in [-0.15, -0.1) is 0 Å². The lowest BCUT2D eigenvalue weighted by Gasteiger charge is -2.13. The summed E-state index contributed by atoms with van der Waals surface area (Å²) >= 11 is 0. The summed E-state index contributed by atoms with van der Waals surface area (Å²) in [6.45, 7) is 5.64. The number of anilines is 1. The van der Waals surface area contributed by atoms with Crippen LogP contribution < -0.4 is 14.8 Å². The van der Waals surface area contributed by atoms with Crippen LogP contribution in [0.5, 0.6) is 17.2 Å². The number of allylic oxidation sites excluding steroid dienone is 1. The number of amides is 1. The number of carbonyl (C=O) groups excluding carboxylic acids is 1. The maximum atomic E-state index is 14.5. The average molecular weight is 410 g/mol. The number of aromatic nitrogens is 1. The number of hydrogen-bond acceptors (Lipinski definition) is 4. The molecule has 7 heteroatoms. The number of methoxy groups -OCH3 is 1. The van der Waals surface area contributed by atoms with Crippen molar-refractivity contribution in [1.82, 2.24) is 4.98 Å². The Bertz CT molecular complexity index is 1060. The minimum atomic E-state index is -0.945. The fraction of sp³-hybridized carbons (Fsp3) is 0.130. The van der Waals surface area contributed by atoms with Crippen LogP contribution in [0.1, 0.15) is 18.1 Å². The molecule has 0 aliphatic heterocycles. The molecule has 1 amide bonds. The molecule has 0 fully saturated rings. The zero-order valence-electron chi connectivity index (χ0n) is 16.5. The summed E-state index contributed by atoms with van der Waals surface area (Å²) < 4.78 is 39.7. The molecule has 0 spiro atoms. The fourth-order valence-corrected chi connectivity index (χ4v) is 2.82. The molecule has 0 saturated heterocycles. The number of pyridine rings is 1. The van der Waals surface area contributed by atoms with Crippen LogP contribution in [0.25, 0.3) is 5.57 Å². The van der Waals surface area contributed by atoms with E-state index in [0.717, 1.165) is 12.1 Å². The minimum absolute atomic E-state index is 0.0106. The second-order valence-corrected chi connectivity index (χ2v) is 6.60. The van der Waals surface area contributed by atoms with Crippen molar-refractivity contribution in [3.8, 4) is 17.2 Å². The molecule has 1 heterocycles. The highest BCUT2D eigenvalue weighted by Crippen LogP contribution is 2.34. The summed E-state index contributed by atoms with van der Waals surface area (Å²) in [5.41, 5.74) is 2.05. The van der Waals surface area contributed by atoms with E-state index >= 15 is 0 Å². The second kappa shape index (κ2) is 9.17. The van der Waals surface area contributed by atoms with Crippen molar-refractivity contribution in [3.63, 3.8) is 0 Å². The summed E-state index contributed by atoms with van der Waals surface area (Å²) in [5.74, 6) is -2.09. The first-order valence-corrected chi connectivity index (χ1v) is 9.07. The summed E-state index contributed by atoms with van der Waals surface area (Å²) in [4.78, 5) is 16.0. The number of benzene rings is 2. The number of hydrogen-bond donors (Lipinski definition) is 1. The Morgan fingerprint density at radius 1 is 1.17 bits per heavy atom. The Balaban J connectivity index is 1.77. The van der Waals surface area contributed by atoms with Gasteiger partial charge in [0.05, 0.1) is 13.5 Å². The zero-order valence-corrected chi connectivity index (χ0v) is 16.5. The van der Waals surface area contributed by atoms with E-state index in [-0.39, 0.29) is 17.9 Å². The highest BCUT2D eigenvalue weighted by atomic mass is 19.1. The van der Waals surface area contributed by atoms with Crippen LogP contribution >= 0.6 is 0 Å². The molecule has 0 radical (unpaired) electrons. The van der Waals surface area contributed by atoms with Gasteiger partial charge in [0.1, 0.15) is 11.5 Å². The average Bonchev–Trinajstić information content (AvgIpc) is 2.71. The Hall–Kier alpha value is -3.74. The topological polar surface area (TPSA) is 60.5 Å². The van der Waals surface area contributed by atoms with Crippen molar-refractivity contribution in [1.29, 1.82) is 0 Å². The molecular formula is C23H20F2N2O3. The van der Waals surface area contributed by atoms with Gasteiger partial charge in [0.2, 0.25) is 5.91 Å². The number of carbonyl (C=O) groups is 1. The number of halogens is 2. The first kappa shape index (κ1) is 21.0. The molecule has 1 N–H and O–H groups in total. The van der Waals surface area contributed by atoms with Gasteiger partial charge in [0.15, 0.2) is 17.4 Å². The molecule has 30 heavy (non-hydrogen) atoms. The lowest BCUT2D eigenvalue weighted by Crippen LogP contribution is -2.15. The molecular weight excluding hydrogens is 390 g/mol. The van der Waals surface area contributed by atoms with E-state index in [1.54, 1.807) is 43.6 Å². The van der Waals surface area contributed by atoms with Crippen LogP contribution in [-0.2, 0) is 11.2 Å². The van der Waals surface area contributed by atoms with Gasteiger partial charge in [-0.3, -0.25) is 9.78 Å². The monoisotopic (exact) mass is 410 g/mol. The van der Waals surface area contributed by atoms with Gasteiger partial charge in [0.25, 0.3) is 0 Å². The number of nitrogens with one attached hydrogen (secondary N) is 1. The normalized spacial score (nSPS) is 10.4. The number of rotatable bonds is 7. The van der Waals surface area contributed by atoms with Gasteiger partial charge >= 0.3 is 0 Å². The van der Waals surface area contributed by atoms with Crippen LogP contribution in [0.2, 0.25) is 0 Å². The van der Waals surface area contributed by atoms with Gasteiger partial charge in [-0.05, 0) is 42.3 Å². The third-order valence-corrected chi connectivity index (χ3v) is 4.22. The summed E-state index contributed by atoms with van der Waals surface area (Å²) in [6, 6.07) is 10.2. The van der Waals surface area contributed by atoms with Gasteiger partial charge in [-0.1, -0.05) is 12.6 Å². The second-order valence-electron chi connectivity index (χ2n) is 6.60. The fourth-order valence-electron chi connectivity index (χ4n) is 2.82. The summed E-state index contributed by atoms with van der Waals surface area (Å²) in [5, 5.41) is 2.47. The zero-order chi connectivity index (χ0) is 21.7. The van der Waals surface area contributed by atoms with Gasteiger partial charge in [-0.25, -0.2) is 8.78 Å². The Morgan fingerprint density at radius 2 is 1.90 bits per heavy atom. The quantitative estimate of drug-likeness (QED) is 0.569. The molecule has 1 aromatic heterocycles. The van der Waals surface area contributed by atoms with Crippen molar-refractivity contribution < 1.29 is 23.0 Å². The van der Waals surface area contributed by atoms with E-state index in [0.29, 0.717) is 22.4 Å². The van der Waals surface area contributed by atoms with Crippen molar-refractivity contribution in [2.75, 3.05) is 12.4 Å². The lowest BCUT2D eigenvalue weighted by molar-refractivity contribution is -0.115.